The zero-order valence-electron chi connectivity index (χ0n) is 16.0. The van der Waals surface area contributed by atoms with Gasteiger partial charge in [-0.1, -0.05) is 5.16 Å². The molecule has 2 saturated heterocycles. The van der Waals surface area contributed by atoms with Crippen LogP contribution in [0.25, 0.3) is 11.4 Å². The molecular formula is C20H26ClFN4O2. The van der Waals surface area contributed by atoms with Gasteiger partial charge >= 0.3 is 0 Å². The molecule has 1 spiro atoms. The van der Waals surface area contributed by atoms with E-state index in [4.69, 9.17) is 4.52 Å². The molecular weight excluding hydrogens is 383 g/mol. The van der Waals surface area contributed by atoms with Crippen LogP contribution in [0.1, 0.15) is 37.1 Å². The van der Waals surface area contributed by atoms with Gasteiger partial charge in [-0.2, -0.15) is 4.98 Å². The van der Waals surface area contributed by atoms with Gasteiger partial charge in [-0.15, -0.1) is 12.4 Å². The van der Waals surface area contributed by atoms with Crippen molar-refractivity contribution in [2.75, 3.05) is 26.2 Å². The molecule has 2 aliphatic rings. The summed E-state index contributed by atoms with van der Waals surface area (Å²) in [4.78, 5) is 18.8. The number of likely N-dealkylation sites (tertiary alicyclic amines) is 1. The number of rotatable bonds is 4. The maximum atomic E-state index is 13.4. The van der Waals surface area contributed by atoms with Crippen molar-refractivity contribution in [3.05, 3.63) is 35.5 Å². The van der Waals surface area contributed by atoms with Crippen LogP contribution in [0.15, 0.2) is 22.7 Å². The Hall–Kier alpha value is -1.99. The number of aryl methyl sites for hydroxylation is 2. The van der Waals surface area contributed by atoms with E-state index in [1.54, 1.807) is 19.1 Å². The molecule has 4 rings (SSSR count). The van der Waals surface area contributed by atoms with Gasteiger partial charge in [0, 0.05) is 38.0 Å². The van der Waals surface area contributed by atoms with E-state index < -0.39 is 0 Å². The van der Waals surface area contributed by atoms with E-state index >= 15 is 0 Å². The number of carbonyl (C=O) groups is 1. The summed E-state index contributed by atoms with van der Waals surface area (Å²) in [5, 5.41) is 7.40. The van der Waals surface area contributed by atoms with E-state index in [0.29, 0.717) is 41.1 Å². The van der Waals surface area contributed by atoms with Gasteiger partial charge in [0.1, 0.15) is 5.82 Å². The van der Waals surface area contributed by atoms with Gasteiger partial charge in [0.2, 0.25) is 17.6 Å². The lowest BCUT2D eigenvalue weighted by atomic mass is 9.78. The van der Waals surface area contributed by atoms with Gasteiger partial charge < -0.3 is 14.7 Å². The Bertz CT molecular complexity index is 825. The summed E-state index contributed by atoms with van der Waals surface area (Å²) in [6.07, 6.45) is 4.19. The van der Waals surface area contributed by atoms with Crippen molar-refractivity contribution >= 4 is 18.3 Å². The Kier molecular flexibility index (Phi) is 6.35. The smallest absolute Gasteiger partial charge is 0.227 e. The Labute approximate surface area is 170 Å². The second-order valence-electron chi connectivity index (χ2n) is 7.78. The second-order valence-corrected chi connectivity index (χ2v) is 7.78. The molecule has 28 heavy (non-hydrogen) atoms. The third-order valence-corrected chi connectivity index (χ3v) is 5.95. The first kappa shape index (κ1) is 20.7. The lowest BCUT2D eigenvalue weighted by molar-refractivity contribution is -0.133. The molecule has 0 aliphatic carbocycles. The second kappa shape index (κ2) is 8.57. The molecule has 0 bridgehead atoms. The number of halogens is 2. The largest absolute Gasteiger partial charge is 0.343 e. The summed E-state index contributed by atoms with van der Waals surface area (Å²) in [6, 6.07) is 4.72. The van der Waals surface area contributed by atoms with Crippen LogP contribution in [0.3, 0.4) is 0 Å². The molecule has 0 radical (unpaired) electrons. The van der Waals surface area contributed by atoms with E-state index in [9.17, 15) is 9.18 Å². The first-order valence-electron chi connectivity index (χ1n) is 9.62. The third kappa shape index (κ3) is 4.36. The summed E-state index contributed by atoms with van der Waals surface area (Å²) in [7, 11) is 0. The standard InChI is InChI=1S/C20H25FN4O2.ClH/c1-14-12-15(2-3-16(14)21)19-23-17(27-24-19)4-5-18(26)25-10-7-20(8-11-25)6-9-22-13-20;/h2-3,12,22H,4-11,13H2,1H3;1H. The quantitative estimate of drug-likeness (QED) is 0.841. The van der Waals surface area contributed by atoms with E-state index in [0.717, 1.165) is 39.0 Å². The third-order valence-electron chi connectivity index (χ3n) is 5.95. The summed E-state index contributed by atoms with van der Waals surface area (Å²) < 4.78 is 18.7. The highest BCUT2D eigenvalue weighted by Gasteiger charge is 2.37. The van der Waals surface area contributed by atoms with Gasteiger partial charge in [0.05, 0.1) is 0 Å². The SMILES string of the molecule is Cc1cc(-c2noc(CCC(=O)N3CCC4(CCNC4)CC3)n2)ccc1F.Cl. The lowest BCUT2D eigenvalue weighted by Gasteiger charge is -2.38. The Balaban J connectivity index is 0.00000225. The van der Waals surface area contributed by atoms with Crippen LogP contribution in [0.2, 0.25) is 0 Å². The van der Waals surface area contributed by atoms with Crippen molar-refractivity contribution in [3.63, 3.8) is 0 Å². The lowest BCUT2D eigenvalue weighted by Crippen LogP contribution is -2.44. The highest BCUT2D eigenvalue weighted by atomic mass is 35.5. The van der Waals surface area contributed by atoms with Crippen LogP contribution in [0.4, 0.5) is 4.39 Å². The van der Waals surface area contributed by atoms with Crippen LogP contribution in [-0.2, 0) is 11.2 Å². The van der Waals surface area contributed by atoms with Crippen molar-refractivity contribution in [3.8, 4) is 11.4 Å². The highest BCUT2D eigenvalue weighted by Crippen LogP contribution is 2.37. The normalized spacial score (nSPS) is 18.3. The molecule has 8 heteroatoms. The van der Waals surface area contributed by atoms with Gasteiger partial charge in [-0.25, -0.2) is 4.39 Å². The fourth-order valence-electron chi connectivity index (χ4n) is 4.08. The Morgan fingerprint density at radius 2 is 2.11 bits per heavy atom. The molecule has 1 N–H and O–H groups in total. The van der Waals surface area contributed by atoms with E-state index in [2.05, 4.69) is 15.5 Å². The van der Waals surface area contributed by atoms with Gasteiger partial charge in [-0.05, 0) is 61.9 Å². The fraction of sp³-hybridized carbons (Fsp3) is 0.550. The average molecular weight is 409 g/mol. The van der Waals surface area contributed by atoms with Crippen LogP contribution >= 0.6 is 12.4 Å². The van der Waals surface area contributed by atoms with E-state index in [1.807, 2.05) is 4.90 Å². The molecule has 0 unspecified atom stereocenters. The molecule has 3 heterocycles. The minimum atomic E-state index is -0.259. The van der Waals surface area contributed by atoms with E-state index in [1.165, 1.54) is 12.5 Å². The molecule has 1 amide bonds. The van der Waals surface area contributed by atoms with Crippen molar-refractivity contribution in [2.24, 2.45) is 5.41 Å². The van der Waals surface area contributed by atoms with Crippen molar-refractivity contribution in [1.82, 2.24) is 20.4 Å². The van der Waals surface area contributed by atoms with Crippen molar-refractivity contribution in [2.45, 2.75) is 39.0 Å². The summed E-state index contributed by atoms with van der Waals surface area (Å²) >= 11 is 0. The number of nitrogens with one attached hydrogen (secondary N) is 1. The number of hydrogen-bond donors (Lipinski definition) is 1. The van der Waals surface area contributed by atoms with Gasteiger partial charge in [0.25, 0.3) is 0 Å². The van der Waals surface area contributed by atoms with Gasteiger partial charge in [-0.3, -0.25) is 4.79 Å². The van der Waals surface area contributed by atoms with Crippen LogP contribution in [0, 0.1) is 18.2 Å². The molecule has 152 valence electrons. The molecule has 1 aromatic heterocycles. The van der Waals surface area contributed by atoms with Crippen molar-refractivity contribution in [1.29, 1.82) is 0 Å². The molecule has 2 aliphatic heterocycles. The monoisotopic (exact) mass is 408 g/mol. The average Bonchev–Trinajstić information content (AvgIpc) is 3.33. The molecule has 2 aromatic rings. The number of hydrogen-bond acceptors (Lipinski definition) is 5. The Morgan fingerprint density at radius 3 is 2.79 bits per heavy atom. The van der Waals surface area contributed by atoms with E-state index in [-0.39, 0.29) is 24.1 Å². The first-order valence-corrected chi connectivity index (χ1v) is 9.62. The maximum absolute atomic E-state index is 13.4. The number of amides is 1. The maximum Gasteiger partial charge on any atom is 0.227 e. The number of nitrogens with zero attached hydrogens (tertiary/aromatic N) is 3. The van der Waals surface area contributed by atoms with Crippen LogP contribution in [0.5, 0.6) is 0 Å². The summed E-state index contributed by atoms with van der Waals surface area (Å²) in [6.45, 7) is 5.56. The zero-order chi connectivity index (χ0) is 18.9. The number of piperidine rings is 1. The fourth-order valence-corrected chi connectivity index (χ4v) is 4.08. The summed E-state index contributed by atoms with van der Waals surface area (Å²) in [5.41, 5.74) is 1.65. The van der Waals surface area contributed by atoms with Crippen LogP contribution in [-0.4, -0.2) is 47.1 Å². The molecule has 0 saturated carbocycles. The number of aromatic nitrogens is 2. The number of benzene rings is 1. The van der Waals surface area contributed by atoms with Gasteiger partial charge in [0.15, 0.2) is 0 Å². The molecule has 0 atom stereocenters. The van der Waals surface area contributed by atoms with Crippen molar-refractivity contribution < 1.29 is 13.7 Å². The minimum absolute atomic E-state index is 0. The van der Waals surface area contributed by atoms with Crippen LogP contribution < -0.4 is 5.32 Å². The summed E-state index contributed by atoms with van der Waals surface area (Å²) in [5.74, 6) is 0.751. The highest BCUT2D eigenvalue weighted by molar-refractivity contribution is 5.85. The minimum Gasteiger partial charge on any atom is -0.343 e. The zero-order valence-corrected chi connectivity index (χ0v) is 16.9. The molecule has 1 aromatic carbocycles. The predicted molar refractivity (Wildman–Crippen MR) is 106 cm³/mol. The molecule has 6 nitrogen and oxygen atoms in total. The molecule has 2 fully saturated rings. The first-order chi connectivity index (χ1) is 13.0. The Morgan fingerprint density at radius 1 is 1.32 bits per heavy atom. The predicted octanol–water partition coefficient (Wildman–Crippen LogP) is 3.14. The number of carbonyl (C=O) groups excluding carboxylic acids is 1. The topological polar surface area (TPSA) is 71.3 Å².